The minimum Gasteiger partial charge on any atom is -0.550 e. The van der Waals surface area contributed by atoms with Crippen LogP contribution in [0, 0.1) is 11.3 Å². The number of nitriles is 1. The Balaban J connectivity index is 1.62. The van der Waals surface area contributed by atoms with Gasteiger partial charge in [-0.05, 0) is 72.9 Å². The molecule has 1 fully saturated rings. The lowest BCUT2D eigenvalue weighted by Crippen LogP contribution is -2.26. The second kappa shape index (κ2) is 8.86. The molecule has 0 aromatic heterocycles. The van der Waals surface area contributed by atoms with Crippen LogP contribution in [-0.4, -0.2) is 23.7 Å². The van der Waals surface area contributed by atoms with E-state index in [4.69, 9.17) is 5.26 Å². The highest BCUT2D eigenvalue weighted by Gasteiger charge is 2.42. The third-order valence-electron chi connectivity index (χ3n) is 5.86. The minimum absolute atomic E-state index is 0.0257. The molecule has 2 aliphatic rings. The fraction of sp³-hybridized carbons (Fsp3) is 0.292. The zero-order valence-corrected chi connectivity index (χ0v) is 17.6. The summed E-state index contributed by atoms with van der Waals surface area (Å²) in [6.45, 7) is 0. The molecule has 0 N–H and O–H groups in total. The van der Waals surface area contributed by atoms with Gasteiger partial charge in [0.15, 0.2) is 0 Å². The Morgan fingerprint density at radius 3 is 2.61 bits per heavy atom. The summed E-state index contributed by atoms with van der Waals surface area (Å²) in [7, 11) is 0. The van der Waals surface area contributed by atoms with Gasteiger partial charge < -0.3 is 24.7 Å². The number of thioether (sulfide) groups is 1. The average Bonchev–Trinajstić information content (AvgIpc) is 3.33. The normalized spacial score (nSPS) is 19.6. The molecule has 2 unspecified atom stereocenters. The molecule has 0 radical (unpaired) electrons. The molecule has 31 heavy (non-hydrogen) atoms. The van der Waals surface area contributed by atoms with Gasteiger partial charge in [0.05, 0.1) is 11.5 Å². The molecule has 1 aliphatic carbocycles. The van der Waals surface area contributed by atoms with Gasteiger partial charge in [-0.3, -0.25) is 0 Å². The fourth-order valence-corrected chi connectivity index (χ4v) is 5.39. The Morgan fingerprint density at radius 2 is 1.94 bits per heavy atom. The number of carbonyl (C=O) groups excluding carboxylic acids is 2. The summed E-state index contributed by atoms with van der Waals surface area (Å²) >= 11 is 1.49. The number of carboxylic acids is 2. The van der Waals surface area contributed by atoms with Crippen molar-refractivity contribution in [3.8, 4) is 6.07 Å². The van der Waals surface area contributed by atoms with Crippen LogP contribution in [0.5, 0.6) is 0 Å². The van der Waals surface area contributed by atoms with Gasteiger partial charge in [0.1, 0.15) is 6.07 Å². The van der Waals surface area contributed by atoms with E-state index in [0.717, 1.165) is 35.5 Å². The number of carbonyl (C=O) groups is 2. The zero-order chi connectivity index (χ0) is 22.0. The Hall–Kier alpha value is -3.24. The predicted molar refractivity (Wildman–Crippen MR) is 114 cm³/mol. The van der Waals surface area contributed by atoms with Crippen LogP contribution in [-0.2, 0) is 9.59 Å². The quantitative estimate of drug-likeness (QED) is 0.375. The zero-order valence-electron chi connectivity index (χ0n) is 16.7. The number of hydrogen-bond acceptors (Lipinski definition) is 7. The number of anilines is 2. The molecule has 4 rings (SSSR count). The van der Waals surface area contributed by atoms with Crippen molar-refractivity contribution in [1.82, 2.24) is 0 Å². The first kappa shape index (κ1) is 21.0. The summed E-state index contributed by atoms with van der Waals surface area (Å²) in [6, 6.07) is 16.0. The van der Waals surface area contributed by atoms with Gasteiger partial charge in [0.25, 0.3) is 0 Å². The van der Waals surface area contributed by atoms with Gasteiger partial charge in [-0.25, -0.2) is 0 Å². The van der Waals surface area contributed by atoms with E-state index < -0.39 is 11.9 Å². The van der Waals surface area contributed by atoms with Gasteiger partial charge in [0.2, 0.25) is 0 Å². The summed E-state index contributed by atoms with van der Waals surface area (Å²) in [5.41, 5.74) is 3.67. The van der Waals surface area contributed by atoms with E-state index in [2.05, 4.69) is 17.0 Å². The summed E-state index contributed by atoms with van der Waals surface area (Å²) in [5.74, 6) is -1.66. The summed E-state index contributed by atoms with van der Waals surface area (Å²) in [6.07, 6.45) is 4.67. The van der Waals surface area contributed by atoms with Crippen molar-refractivity contribution in [2.45, 2.75) is 42.5 Å². The van der Waals surface area contributed by atoms with Crippen LogP contribution in [0.2, 0.25) is 0 Å². The summed E-state index contributed by atoms with van der Waals surface area (Å²) in [4.78, 5) is 25.0. The third kappa shape index (κ3) is 4.30. The second-order valence-electron chi connectivity index (χ2n) is 7.71. The van der Waals surface area contributed by atoms with E-state index in [9.17, 15) is 19.8 Å². The molecular formula is C24H20N2O4S-2. The number of fused-ring (bicyclic) bond motifs is 3. The molecule has 158 valence electrons. The molecule has 0 saturated heterocycles. The minimum atomic E-state index is -1.47. The second-order valence-corrected chi connectivity index (χ2v) is 8.88. The standard InChI is InChI=1S/C24H22N2O4S/c25-14-16(24(29)30)12-15-4-9-22-20(13-15)19-2-1-3-21(19)26(22)17-5-7-18(8-6-17)31-11-10-23(27)28/h4-9,12-13,19,21H,1-3,10-11H2,(H,27,28)(H,29,30)/p-2/b16-12+. The Bertz CT molecular complexity index is 1090. The molecular weight excluding hydrogens is 412 g/mol. The predicted octanol–water partition coefficient (Wildman–Crippen LogP) is 2.36. The highest BCUT2D eigenvalue weighted by molar-refractivity contribution is 7.99. The first-order chi connectivity index (χ1) is 15.0. The van der Waals surface area contributed by atoms with E-state index in [1.165, 1.54) is 23.4 Å². The Kier molecular flexibility index (Phi) is 6.01. The topological polar surface area (TPSA) is 107 Å². The van der Waals surface area contributed by atoms with E-state index in [0.29, 0.717) is 23.3 Å². The lowest BCUT2D eigenvalue weighted by molar-refractivity contribution is -0.305. The lowest BCUT2D eigenvalue weighted by atomic mass is 9.95. The van der Waals surface area contributed by atoms with Crippen molar-refractivity contribution < 1.29 is 19.8 Å². The average molecular weight is 433 g/mol. The summed E-state index contributed by atoms with van der Waals surface area (Å²) < 4.78 is 0. The first-order valence-corrected chi connectivity index (χ1v) is 11.2. The molecule has 0 spiro atoms. The van der Waals surface area contributed by atoms with Crippen molar-refractivity contribution >= 4 is 41.2 Å². The van der Waals surface area contributed by atoms with E-state index in [-0.39, 0.29) is 12.0 Å². The van der Waals surface area contributed by atoms with Crippen molar-refractivity contribution in [3.63, 3.8) is 0 Å². The van der Waals surface area contributed by atoms with Crippen LogP contribution in [0.25, 0.3) is 6.08 Å². The number of carboxylic acid groups (broad SMARTS) is 2. The number of benzene rings is 2. The van der Waals surface area contributed by atoms with Gasteiger partial charge in [-0.2, -0.15) is 5.26 Å². The number of nitrogens with zero attached hydrogens (tertiary/aromatic N) is 2. The van der Waals surface area contributed by atoms with Crippen LogP contribution >= 0.6 is 11.8 Å². The maximum absolute atomic E-state index is 11.1. The molecule has 1 aliphatic heterocycles. The SMILES string of the molecule is N#C/C(=C\c1ccc2c(c1)C1CCCC1N2c1ccc(SCCC(=O)[O-])cc1)C(=O)[O-]. The fourth-order valence-electron chi connectivity index (χ4n) is 4.56. The van der Waals surface area contributed by atoms with E-state index >= 15 is 0 Å². The molecule has 1 saturated carbocycles. The van der Waals surface area contributed by atoms with Gasteiger partial charge >= 0.3 is 0 Å². The number of rotatable bonds is 7. The van der Waals surface area contributed by atoms with Crippen LogP contribution in [0.1, 0.15) is 42.7 Å². The largest absolute Gasteiger partial charge is 0.550 e. The lowest BCUT2D eigenvalue weighted by Gasteiger charge is -2.27. The molecule has 1 heterocycles. The van der Waals surface area contributed by atoms with Crippen LogP contribution in [0.3, 0.4) is 0 Å². The van der Waals surface area contributed by atoms with Crippen molar-refractivity contribution in [2.24, 2.45) is 0 Å². The molecule has 2 aromatic carbocycles. The number of hydrogen-bond donors (Lipinski definition) is 0. The molecule has 0 amide bonds. The third-order valence-corrected chi connectivity index (χ3v) is 6.88. The summed E-state index contributed by atoms with van der Waals surface area (Å²) in [5, 5.41) is 30.7. The monoisotopic (exact) mass is 432 g/mol. The van der Waals surface area contributed by atoms with E-state index in [1.54, 1.807) is 6.07 Å². The van der Waals surface area contributed by atoms with E-state index in [1.807, 2.05) is 30.3 Å². The van der Waals surface area contributed by atoms with Crippen molar-refractivity contribution in [1.29, 1.82) is 5.26 Å². The van der Waals surface area contributed by atoms with Crippen molar-refractivity contribution in [3.05, 3.63) is 59.2 Å². The highest BCUT2D eigenvalue weighted by Crippen LogP contribution is 2.52. The molecule has 7 heteroatoms. The first-order valence-electron chi connectivity index (χ1n) is 10.2. The Morgan fingerprint density at radius 1 is 1.16 bits per heavy atom. The maximum atomic E-state index is 11.1. The van der Waals surface area contributed by atoms with Crippen molar-refractivity contribution in [2.75, 3.05) is 10.7 Å². The smallest absolute Gasteiger partial charge is 0.101 e. The van der Waals surface area contributed by atoms with Crippen LogP contribution < -0.4 is 15.1 Å². The van der Waals surface area contributed by atoms with Crippen LogP contribution in [0.4, 0.5) is 11.4 Å². The molecule has 2 aromatic rings. The highest BCUT2D eigenvalue weighted by atomic mass is 32.2. The molecule has 6 nitrogen and oxygen atoms in total. The Labute approximate surface area is 184 Å². The van der Waals surface area contributed by atoms with Gasteiger partial charge in [0, 0.05) is 40.0 Å². The van der Waals surface area contributed by atoms with Gasteiger partial charge in [-0.15, -0.1) is 11.8 Å². The van der Waals surface area contributed by atoms with Crippen LogP contribution in [0.15, 0.2) is 52.9 Å². The molecule has 0 bridgehead atoms. The maximum Gasteiger partial charge on any atom is 0.101 e. The number of aliphatic carboxylic acids is 2. The molecule has 2 atom stereocenters. The van der Waals surface area contributed by atoms with Gasteiger partial charge in [-0.1, -0.05) is 12.5 Å².